The van der Waals surface area contributed by atoms with Gasteiger partial charge in [0, 0.05) is 11.4 Å². The highest BCUT2D eigenvalue weighted by molar-refractivity contribution is 6.02. The normalized spacial score (nSPS) is 10.1. The van der Waals surface area contributed by atoms with Crippen molar-refractivity contribution in [3.05, 3.63) is 77.2 Å². The van der Waals surface area contributed by atoms with Gasteiger partial charge in [-0.05, 0) is 48.7 Å². The van der Waals surface area contributed by atoms with Crippen molar-refractivity contribution in [3.8, 4) is 6.07 Å². The van der Waals surface area contributed by atoms with Crippen LogP contribution in [-0.2, 0) is 6.42 Å². The van der Waals surface area contributed by atoms with E-state index < -0.39 is 0 Å². The number of rotatable bonds is 5. The van der Waals surface area contributed by atoms with Crippen LogP contribution in [-0.4, -0.2) is 15.9 Å². The molecule has 2 aromatic carbocycles. The number of nitriles is 1. The van der Waals surface area contributed by atoms with E-state index in [0.29, 0.717) is 17.1 Å². The Morgan fingerprint density at radius 2 is 1.89 bits per heavy atom. The summed E-state index contributed by atoms with van der Waals surface area (Å²) in [7, 11) is 0. The van der Waals surface area contributed by atoms with E-state index in [-0.39, 0.29) is 11.6 Å². The van der Waals surface area contributed by atoms with E-state index in [1.54, 1.807) is 30.5 Å². The number of anilines is 3. The van der Waals surface area contributed by atoms with Crippen LogP contribution >= 0.6 is 0 Å². The minimum absolute atomic E-state index is 0.213. The van der Waals surface area contributed by atoms with E-state index in [4.69, 9.17) is 5.26 Å². The molecule has 0 bridgehead atoms. The molecule has 1 heterocycles. The van der Waals surface area contributed by atoms with E-state index in [2.05, 4.69) is 33.6 Å². The van der Waals surface area contributed by atoms with Crippen LogP contribution in [0.2, 0.25) is 0 Å². The molecule has 0 radical (unpaired) electrons. The molecule has 0 aliphatic rings. The fourth-order valence-corrected chi connectivity index (χ4v) is 2.66. The monoisotopic (exact) mass is 357 g/mol. The molecule has 0 fully saturated rings. The molecule has 1 amide bonds. The SMILES string of the molecule is CCc1cccc(C)c1Nc1cnc(C(=O)Nc2ccc(C#N)cc2)cn1. The lowest BCUT2D eigenvalue weighted by atomic mass is 10.1. The van der Waals surface area contributed by atoms with Gasteiger partial charge in [0.1, 0.15) is 11.5 Å². The van der Waals surface area contributed by atoms with Crippen LogP contribution in [0, 0.1) is 18.3 Å². The standard InChI is InChI=1S/C21H19N5O/c1-3-16-6-4-5-14(2)20(16)26-19-13-23-18(12-24-19)21(27)25-17-9-7-15(11-22)8-10-17/h4-10,12-13H,3H2,1-2H3,(H,24,26)(H,25,27). The van der Waals surface area contributed by atoms with Crippen molar-refractivity contribution in [1.29, 1.82) is 5.26 Å². The van der Waals surface area contributed by atoms with Crippen LogP contribution in [0.15, 0.2) is 54.9 Å². The zero-order valence-electron chi connectivity index (χ0n) is 15.2. The summed E-state index contributed by atoms with van der Waals surface area (Å²) in [6.45, 7) is 4.14. The van der Waals surface area contributed by atoms with Crippen LogP contribution < -0.4 is 10.6 Å². The van der Waals surface area contributed by atoms with Gasteiger partial charge >= 0.3 is 0 Å². The Bertz CT molecular complexity index is 989. The summed E-state index contributed by atoms with van der Waals surface area (Å²) in [4.78, 5) is 20.8. The molecule has 0 saturated carbocycles. The van der Waals surface area contributed by atoms with E-state index in [9.17, 15) is 4.79 Å². The summed E-state index contributed by atoms with van der Waals surface area (Å²) in [5.41, 5.74) is 4.68. The number of aromatic nitrogens is 2. The van der Waals surface area contributed by atoms with Crippen LogP contribution in [0.4, 0.5) is 17.2 Å². The summed E-state index contributed by atoms with van der Waals surface area (Å²) in [5, 5.41) is 14.8. The second-order valence-corrected chi connectivity index (χ2v) is 6.02. The number of benzene rings is 2. The Kier molecular flexibility index (Phi) is 5.43. The second-order valence-electron chi connectivity index (χ2n) is 6.02. The van der Waals surface area contributed by atoms with Gasteiger partial charge in [0.25, 0.3) is 5.91 Å². The van der Waals surface area contributed by atoms with Crippen molar-refractivity contribution in [3.63, 3.8) is 0 Å². The summed E-state index contributed by atoms with van der Waals surface area (Å²) < 4.78 is 0. The molecule has 6 nitrogen and oxygen atoms in total. The molecular formula is C21H19N5O. The molecular weight excluding hydrogens is 338 g/mol. The van der Waals surface area contributed by atoms with E-state index in [1.807, 2.05) is 25.1 Å². The molecule has 27 heavy (non-hydrogen) atoms. The maximum absolute atomic E-state index is 12.3. The molecule has 2 N–H and O–H groups in total. The van der Waals surface area contributed by atoms with Crippen molar-refractivity contribution < 1.29 is 4.79 Å². The van der Waals surface area contributed by atoms with E-state index in [0.717, 1.165) is 17.7 Å². The molecule has 0 spiro atoms. The van der Waals surface area contributed by atoms with Gasteiger partial charge in [0.05, 0.1) is 24.0 Å². The number of amides is 1. The number of carbonyl (C=O) groups is 1. The smallest absolute Gasteiger partial charge is 0.275 e. The van der Waals surface area contributed by atoms with Gasteiger partial charge < -0.3 is 10.6 Å². The van der Waals surface area contributed by atoms with E-state index >= 15 is 0 Å². The molecule has 0 aliphatic carbocycles. The van der Waals surface area contributed by atoms with Crippen molar-refractivity contribution >= 4 is 23.1 Å². The van der Waals surface area contributed by atoms with Gasteiger partial charge in [0.2, 0.25) is 0 Å². The molecule has 6 heteroatoms. The molecule has 3 aromatic rings. The maximum atomic E-state index is 12.3. The first-order valence-electron chi connectivity index (χ1n) is 8.59. The van der Waals surface area contributed by atoms with Crippen molar-refractivity contribution in [2.24, 2.45) is 0 Å². The summed E-state index contributed by atoms with van der Waals surface area (Å²) in [6, 6.07) is 14.8. The van der Waals surface area contributed by atoms with Gasteiger partial charge in [-0.25, -0.2) is 9.97 Å². The Labute approximate surface area is 157 Å². The van der Waals surface area contributed by atoms with Gasteiger partial charge in [-0.3, -0.25) is 4.79 Å². The Balaban J connectivity index is 1.71. The fraction of sp³-hybridized carbons (Fsp3) is 0.143. The number of hydrogen-bond acceptors (Lipinski definition) is 5. The molecule has 0 saturated heterocycles. The molecule has 134 valence electrons. The number of para-hydroxylation sites is 1. The highest BCUT2D eigenvalue weighted by atomic mass is 16.1. The van der Waals surface area contributed by atoms with Crippen LogP contribution in [0.25, 0.3) is 0 Å². The largest absolute Gasteiger partial charge is 0.339 e. The number of hydrogen-bond donors (Lipinski definition) is 2. The first-order chi connectivity index (χ1) is 13.1. The van der Waals surface area contributed by atoms with Crippen molar-refractivity contribution in [2.75, 3.05) is 10.6 Å². The maximum Gasteiger partial charge on any atom is 0.275 e. The highest BCUT2D eigenvalue weighted by Gasteiger charge is 2.10. The van der Waals surface area contributed by atoms with Gasteiger partial charge in [-0.15, -0.1) is 0 Å². The first-order valence-corrected chi connectivity index (χ1v) is 8.59. The Morgan fingerprint density at radius 3 is 2.52 bits per heavy atom. The molecule has 0 atom stereocenters. The third kappa shape index (κ3) is 4.28. The minimum Gasteiger partial charge on any atom is -0.339 e. The van der Waals surface area contributed by atoms with Gasteiger partial charge in [0.15, 0.2) is 0 Å². The molecule has 0 unspecified atom stereocenters. The van der Waals surface area contributed by atoms with Crippen molar-refractivity contribution in [1.82, 2.24) is 9.97 Å². The topological polar surface area (TPSA) is 90.7 Å². The number of nitrogens with zero attached hydrogens (tertiary/aromatic N) is 3. The summed E-state index contributed by atoms with van der Waals surface area (Å²) in [6.07, 6.45) is 3.88. The third-order valence-electron chi connectivity index (χ3n) is 4.15. The van der Waals surface area contributed by atoms with E-state index in [1.165, 1.54) is 11.8 Å². The summed E-state index contributed by atoms with van der Waals surface area (Å²) >= 11 is 0. The van der Waals surface area contributed by atoms with Crippen LogP contribution in [0.1, 0.15) is 34.1 Å². The van der Waals surface area contributed by atoms with Crippen LogP contribution in [0.5, 0.6) is 0 Å². The molecule has 1 aromatic heterocycles. The lowest BCUT2D eigenvalue weighted by molar-refractivity contribution is 0.102. The molecule has 3 rings (SSSR count). The lowest BCUT2D eigenvalue weighted by Crippen LogP contribution is -2.14. The summed E-state index contributed by atoms with van der Waals surface area (Å²) in [5.74, 6) is 0.220. The highest BCUT2D eigenvalue weighted by Crippen LogP contribution is 2.24. The van der Waals surface area contributed by atoms with Gasteiger partial charge in [-0.1, -0.05) is 25.1 Å². The quantitative estimate of drug-likeness (QED) is 0.713. The average molecular weight is 357 g/mol. The zero-order valence-corrected chi connectivity index (χ0v) is 15.2. The van der Waals surface area contributed by atoms with Crippen LogP contribution in [0.3, 0.4) is 0 Å². The lowest BCUT2D eigenvalue weighted by Gasteiger charge is -2.13. The molecule has 0 aliphatic heterocycles. The Morgan fingerprint density at radius 1 is 1.11 bits per heavy atom. The minimum atomic E-state index is -0.358. The van der Waals surface area contributed by atoms with Crippen molar-refractivity contribution in [2.45, 2.75) is 20.3 Å². The average Bonchev–Trinajstić information content (AvgIpc) is 2.70. The zero-order chi connectivity index (χ0) is 19.2. The van der Waals surface area contributed by atoms with Gasteiger partial charge in [-0.2, -0.15) is 5.26 Å². The number of aryl methyl sites for hydroxylation is 2. The second kappa shape index (κ2) is 8.11. The predicted octanol–water partition coefficient (Wildman–Crippen LogP) is 4.22. The number of carbonyl (C=O) groups excluding carboxylic acids is 1. The number of nitrogens with one attached hydrogen (secondary N) is 2. The predicted molar refractivity (Wildman–Crippen MR) is 105 cm³/mol. The third-order valence-corrected chi connectivity index (χ3v) is 4.15. The first kappa shape index (κ1) is 18.1. The fourth-order valence-electron chi connectivity index (χ4n) is 2.66. The Hall–Kier alpha value is -3.72.